The van der Waals surface area contributed by atoms with Gasteiger partial charge in [-0.05, 0) is 106 Å². The van der Waals surface area contributed by atoms with Gasteiger partial charge in [-0.25, -0.2) is 4.39 Å². The first-order valence-corrected chi connectivity index (χ1v) is 15.6. The summed E-state index contributed by atoms with van der Waals surface area (Å²) < 4.78 is 15.1. The molecule has 2 aromatic rings. The number of aryl methyl sites for hydroxylation is 1. The van der Waals surface area contributed by atoms with Gasteiger partial charge in [-0.2, -0.15) is 0 Å². The summed E-state index contributed by atoms with van der Waals surface area (Å²) in [5.74, 6) is -0.145. The minimum atomic E-state index is -1.29. The molecule has 8 heteroatoms. The van der Waals surface area contributed by atoms with Gasteiger partial charge in [0.2, 0.25) is 0 Å². The zero-order valence-electron chi connectivity index (χ0n) is 26.5. The third kappa shape index (κ3) is 7.67. The van der Waals surface area contributed by atoms with E-state index in [1.54, 1.807) is 13.8 Å². The maximum atomic E-state index is 15.1. The van der Waals surface area contributed by atoms with Crippen LogP contribution in [0, 0.1) is 23.7 Å². The fourth-order valence-corrected chi connectivity index (χ4v) is 6.74. The number of carbonyl (C=O) groups is 1. The molecule has 232 valence electrons. The van der Waals surface area contributed by atoms with Crippen LogP contribution in [0.4, 0.5) is 4.39 Å². The smallest absolute Gasteiger partial charge is 0.275 e. The molecule has 6 nitrogen and oxygen atoms in total. The van der Waals surface area contributed by atoms with Crippen LogP contribution in [0.1, 0.15) is 101 Å². The lowest BCUT2D eigenvalue weighted by Crippen LogP contribution is -2.52. The lowest BCUT2D eigenvalue weighted by molar-refractivity contribution is -0.134. The van der Waals surface area contributed by atoms with Gasteiger partial charge < -0.3 is 16.0 Å². The normalized spacial score (nSPS) is 21.6. The molecule has 1 atom stereocenters. The van der Waals surface area contributed by atoms with Crippen molar-refractivity contribution in [1.82, 2.24) is 10.2 Å². The highest BCUT2D eigenvalue weighted by Gasteiger charge is 2.53. The summed E-state index contributed by atoms with van der Waals surface area (Å²) in [4.78, 5) is 21.8. The third-order valence-electron chi connectivity index (χ3n) is 8.88. The standard InChI is InChI=1S/C35H47ClFN5O/c1-22-18-26(20-28(36)19-22)31-32(43)42(35(41-31)16-12-27(13-17-35)34(6,7)37)29(14-15-33(3,4)5)25-10-8-24(9-11-25)23(2)40-21-30(38)39/h8-11,18-20,27,29,40H,2,12-17,21H2,1,3-7H3,(H3,38,39). The highest BCUT2D eigenvalue weighted by atomic mass is 35.5. The Bertz CT molecular complexity index is 1370. The van der Waals surface area contributed by atoms with Gasteiger partial charge in [0.1, 0.15) is 22.9 Å². The first-order valence-electron chi connectivity index (χ1n) is 15.3. The van der Waals surface area contributed by atoms with Crippen LogP contribution in [-0.2, 0) is 4.79 Å². The van der Waals surface area contributed by atoms with Crippen molar-refractivity contribution in [2.24, 2.45) is 22.1 Å². The number of nitrogens with two attached hydrogens (primary N) is 1. The van der Waals surface area contributed by atoms with Crippen LogP contribution < -0.4 is 11.1 Å². The first-order chi connectivity index (χ1) is 20.0. The van der Waals surface area contributed by atoms with Crippen molar-refractivity contribution in [3.05, 3.63) is 76.3 Å². The number of amides is 1. The summed E-state index contributed by atoms with van der Waals surface area (Å²) in [5.41, 5.74) is 8.24. The molecule has 1 heterocycles. The molecular weight excluding hydrogens is 561 g/mol. The van der Waals surface area contributed by atoms with Crippen LogP contribution in [0.15, 0.2) is 54.0 Å². The van der Waals surface area contributed by atoms with E-state index in [1.165, 1.54) is 0 Å². The van der Waals surface area contributed by atoms with Gasteiger partial charge >= 0.3 is 0 Å². The quantitative estimate of drug-likeness (QED) is 0.189. The van der Waals surface area contributed by atoms with E-state index in [0.29, 0.717) is 42.1 Å². The van der Waals surface area contributed by atoms with Crippen molar-refractivity contribution in [1.29, 1.82) is 5.41 Å². The molecule has 0 bridgehead atoms. The van der Waals surface area contributed by atoms with E-state index in [4.69, 9.17) is 27.7 Å². The van der Waals surface area contributed by atoms with Gasteiger partial charge in [0.05, 0.1) is 12.6 Å². The van der Waals surface area contributed by atoms with E-state index >= 15 is 4.39 Å². The summed E-state index contributed by atoms with van der Waals surface area (Å²) in [6.45, 7) is 16.2. The Morgan fingerprint density at radius 3 is 2.35 bits per heavy atom. The molecule has 1 amide bonds. The van der Waals surface area contributed by atoms with Crippen LogP contribution in [0.2, 0.25) is 5.02 Å². The van der Waals surface area contributed by atoms with Crippen molar-refractivity contribution in [2.45, 2.75) is 97.4 Å². The summed E-state index contributed by atoms with van der Waals surface area (Å²) in [7, 11) is 0. The second kappa shape index (κ2) is 12.4. The predicted molar refractivity (Wildman–Crippen MR) is 176 cm³/mol. The number of nitrogens with zero attached hydrogens (tertiary/aromatic N) is 2. The molecule has 1 aliphatic carbocycles. The minimum absolute atomic E-state index is 0.0365. The first kappa shape index (κ1) is 32.7. The summed E-state index contributed by atoms with van der Waals surface area (Å²) in [5, 5.41) is 11.1. The molecule has 0 radical (unpaired) electrons. The highest BCUT2D eigenvalue weighted by molar-refractivity contribution is 6.47. The molecule has 2 aromatic carbocycles. The third-order valence-corrected chi connectivity index (χ3v) is 9.10. The Balaban J connectivity index is 1.77. The maximum Gasteiger partial charge on any atom is 0.275 e. The van der Waals surface area contributed by atoms with E-state index in [9.17, 15) is 4.79 Å². The maximum absolute atomic E-state index is 15.1. The fourth-order valence-electron chi connectivity index (χ4n) is 6.45. The Morgan fingerprint density at radius 2 is 1.81 bits per heavy atom. The molecule has 1 saturated carbocycles. The van der Waals surface area contributed by atoms with Crippen LogP contribution in [0.3, 0.4) is 0 Å². The summed E-state index contributed by atoms with van der Waals surface area (Å²) in [6, 6.07) is 13.5. The number of halogens is 2. The number of hydrogen-bond acceptors (Lipinski definition) is 4. The molecule has 1 unspecified atom stereocenters. The van der Waals surface area contributed by atoms with Crippen molar-refractivity contribution < 1.29 is 9.18 Å². The number of hydrogen-bond donors (Lipinski definition) is 3. The number of rotatable bonds is 10. The van der Waals surface area contributed by atoms with Crippen molar-refractivity contribution in [3.8, 4) is 0 Å². The molecule has 43 heavy (non-hydrogen) atoms. The van der Waals surface area contributed by atoms with Gasteiger partial charge in [0, 0.05) is 16.3 Å². The van der Waals surface area contributed by atoms with E-state index in [1.807, 2.05) is 42.2 Å². The van der Waals surface area contributed by atoms with Gasteiger partial charge in [-0.3, -0.25) is 15.2 Å². The average Bonchev–Trinajstić information content (AvgIpc) is 3.17. The van der Waals surface area contributed by atoms with E-state index in [-0.39, 0.29) is 35.7 Å². The van der Waals surface area contributed by atoms with E-state index < -0.39 is 11.3 Å². The fraction of sp³-hybridized carbons (Fsp3) is 0.514. The number of nitrogens with one attached hydrogen (secondary N) is 2. The van der Waals surface area contributed by atoms with Crippen LogP contribution in [-0.4, -0.2) is 40.2 Å². The topological polar surface area (TPSA) is 94.6 Å². The molecule has 0 saturated heterocycles. The molecule has 4 N–H and O–H groups in total. The van der Waals surface area contributed by atoms with Gasteiger partial charge in [0.15, 0.2) is 0 Å². The number of aliphatic imine (C=N–C) groups is 1. The van der Waals surface area contributed by atoms with Gasteiger partial charge in [0.25, 0.3) is 5.91 Å². The Labute approximate surface area is 261 Å². The van der Waals surface area contributed by atoms with Gasteiger partial charge in [-0.1, -0.05) is 63.2 Å². The molecule has 1 spiro atoms. The molecule has 1 fully saturated rings. The number of carbonyl (C=O) groups excluding carboxylic acids is 1. The largest absolute Gasteiger partial charge is 0.386 e. The van der Waals surface area contributed by atoms with Crippen LogP contribution in [0.5, 0.6) is 0 Å². The van der Waals surface area contributed by atoms with E-state index in [2.05, 4.69) is 44.8 Å². The molecule has 4 rings (SSSR count). The second-order valence-electron chi connectivity index (χ2n) is 14.1. The van der Waals surface area contributed by atoms with Gasteiger partial charge in [-0.15, -0.1) is 0 Å². The zero-order valence-corrected chi connectivity index (χ0v) is 27.2. The van der Waals surface area contributed by atoms with E-state index in [0.717, 1.165) is 35.1 Å². The highest BCUT2D eigenvalue weighted by Crippen LogP contribution is 2.49. The summed E-state index contributed by atoms with van der Waals surface area (Å²) >= 11 is 6.45. The van der Waals surface area contributed by atoms with Crippen LogP contribution >= 0.6 is 11.6 Å². The number of amidine groups is 1. The van der Waals surface area contributed by atoms with Crippen molar-refractivity contribution >= 4 is 34.8 Å². The minimum Gasteiger partial charge on any atom is -0.386 e. The Kier molecular flexibility index (Phi) is 9.46. The van der Waals surface area contributed by atoms with Crippen molar-refractivity contribution in [3.63, 3.8) is 0 Å². The second-order valence-corrected chi connectivity index (χ2v) is 14.5. The SMILES string of the molecule is C=C(NCC(=N)N)c1ccc(C(CCC(C)(C)C)N2C(=O)C(c3cc(C)cc(Cl)c3)=NC23CCC(C(C)(C)F)CC3)cc1. The molecule has 1 aliphatic heterocycles. The monoisotopic (exact) mass is 607 g/mol. The van der Waals surface area contributed by atoms with Crippen molar-refractivity contribution in [2.75, 3.05) is 6.54 Å². The molecule has 0 aromatic heterocycles. The lowest BCUT2D eigenvalue weighted by atomic mass is 9.74. The predicted octanol–water partition coefficient (Wildman–Crippen LogP) is 7.98. The van der Waals surface area contributed by atoms with Crippen LogP contribution in [0.25, 0.3) is 5.70 Å². The Morgan fingerprint density at radius 1 is 1.19 bits per heavy atom. The Hall–Kier alpha value is -3.19. The average molecular weight is 608 g/mol. The molecular formula is C35H47ClFN5O. The summed E-state index contributed by atoms with van der Waals surface area (Å²) in [6.07, 6.45) is 4.19. The number of alkyl halides is 1. The zero-order chi connectivity index (χ0) is 31.7. The number of benzene rings is 2. The molecule has 2 aliphatic rings. The lowest BCUT2D eigenvalue weighted by Gasteiger charge is -2.47.